The Balaban J connectivity index is 1.20. The molecule has 4 heterocycles. The second-order valence-corrected chi connectivity index (χ2v) is 16.0. The van der Waals surface area contributed by atoms with E-state index in [-0.39, 0.29) is 61.5 Å². The van der Waals surface area contributed by atoms with Crippen molar-refractivity contribution in [3.05, 3.63) is 58.1 Å². The summed E-state index contributed by atoms with van der Waals surface area (Å²) in [7, 11) is 0. The average molecular weight is 834 g/mol. The number of nitrogens with zero attached hydrogens (tertiary/aromatic N) is 4. The van der Waals surface area contributed by atoms with Gasteiger partial charge in [-0.2, -0.15) is 13.2 Å². The van der Waals surface area contributed by atoms with Crippen molar-refractivity contribution in [2.75, 3.05) is 70.0 Å². The van der Waals surface area contributed by atoms with Gasteiger partial charge in [0, 0.05) is 63.5 Å². The predicted molar refractivity (Wildman–Crippen MR) is 213 cm³/mol. The number of alkyl halides is 3. The van der Waals surface area contributed by atoms with Gasteiger partial charge >= 0.3 is 24.3 Å². The van der Waals surface area contributed by atoms with Gasteiger partial charge in [-0.25, -0.2) is 14.4 Å². The molecule has 318 valence electrons. The number of nitrogens with one attached hydrogen (secondary N) is 2. The number of fused-ring (bicyclic) bond motifs is 1. The molecular weight excluding hydrogens is 779 g/mol. The molecule has 0 aromatic heterocycles. The van der Waals surface area contributed by atoms with Crippen molar-refractivity contribution in [2.24, 2.45) is 0 Å². The molecule has 13 nitrogen and oxygen atoms in total. The maximum absolute atomic E-state index is 14.7. The maximum atomic E-state index is 14.7. The van der Waals surface area contributed by atoms with Crippen LogP contribution >= 0.6 is 11.6 Å². The second-order valence-electron chi connectivity index (χ2n) is 15.6. The van der Waals surface area contributed by atoms with Crippen LogP contribution in [0.4, 0.5) is 34.1 Å². The number of anilines is 2. The van der Waals surface area contributed by atoms with Gasteiger partial charge in [0.25, 0.3) is 5.91 Å². The van der Waals surface area contributed by atoms with E-state index in [0.717, 1.165) is 62.5 Å². The summed E-state index contributed by atoms with van der Waals surface area (Å²) in [6, 6.07) is 8.48. The molecule has 0 aliphatic carbocycles. The van der Waals surface area contributed by atoms with Crippen molar-refractivity contribution in [3.8, 4) is 0 Å². The number of piperazine rings is 1. The van der Waals surface area contributed by atoms with Gasteiger partial charge < -0.3 is 40.5 Å². The van der Waals surface area contributed by atoms with Crippen LogP contribution in [0.2, 0.25) is 5.02 Å². The fraction of sp³-hybridized carbons (Fsp3) is 0.610. The quantitative estimate of drug-likeness (QED) is 0.134. The number of carbonyl (C=O) groups excluding carboxylic acids is 4. The molecule has 2 aromatic rings. The Labute approximate surface area is 342 Å². The van der Waals surface area contributed by atoms with Crippen LogP contribution in [0.1, 0.15) is 75.0 Å². The minimum absolute atomic E-state index is 0.0204. The maximum Gasteiger partial charge on any atom is 0.418 e. The van der Waals surface area contributed by atoms with Crippen LogP contribution in [-0.4, -0.2) is 127 Å². The standard InChI is InChI=1S/C41H55ClF3N7O6/c1-2-3-4-7-22-57-38(54)34-26-50(29-10-15-47-16-11-29)20-21-52(34)37(53)35(25-27-23-31(41(43,44)45)36(46)32(42)24-27)58-40(56)49-17-13-30(14-18-49)51-19-12-28-8-5-6-9-33(28)48-39(51)55/h5-6,8-9,23-24,29-30,34-35,47H,2-4,7,10-22,25-26,46H2,1H3,(H,48,55)/t34-,35+/m0/s1. The van der Waals surface area contributed by atoms with Crippen molar-refractivity contribution < 1.29 is 41.8 Å². The average Bonchev–Trinajstić information content (AvgIpc) is 3.39. The number of esters is 1. The number of benzene rings is 2. The monoisotopic (exact) mass is 833 g/mol. The number of para-hydroxylation sites is 1. The lowest BCUT2D eigenvalue weighted by Crippen LogP contribution is -2.63. The Bertz CT molecular complexity index is 1770. The third-order valence-electron chi connectivity index (χ3n) is 11.8. The molecule has 0 bridgehead atoms. The highest BCUT2D eigenvalue weighted by Crippen LogP contribution is 2.38. The summed E-state index contributed by atoms with van der Waals surface area (Å²) in [5.74, 6) is -1.30. The molecule has 0 saturated carbocycles. The van der Waals surface area contributed by atoms with Crippen molar-refractivity contribution in [1.82, 2.24) is 24.9 Å². The molecule has 3 fully saturated rings. The van der Waals surface area contributed by atoms with Crippen LogP contribution in [0.25, 0.3) is 0 Å². The molecule has 2 aromatic carbocycles. The molecule has 4 aliphatic heterocycles. The van der Waals surface area contributed by atoms with Gasteiger partial charge in [-0.3, -0.25) is 9.69 Å². The minimum atomic E-state index is -4.84. The van der Waals surface area contributed by atoms with Gasteiger partial charge in [0.2, 0.25) is 0 Å². The molecule has 58 heavy (non-hydrogen) atoms. The predicted octanol–water partition coefficient (Wildman–Crippen LogP) is 5.93. The van der Waals surface area contributed by atoms with Crippen molar-refractivity contribution >= 4 is 47.0 Å². The fourth-order valence-electron chi connectivity index (χ4n) is 8.47. The van der Waals surface area contributed by atoms with Crippen LogP contribution in [0, 0.1) is 0 Å². The Morgan fingerprint density at radius 3 is 2.43 bits per heavy atom. The van der Waals surface area contributed by atoms with E-state index in [9.17, 15) is 32.3 Å². The highest BCUT2D eigenvalue weighted by molar-refractivity contribution is 6.33. The van der Waals surface area contributed by atoms with Crippen LogP contribution in [-0.2, 0) is 38.1 Å². The SMILES string of the molecule is CCCCCCOC(=O)[C@@H]1CN(C2CCNCC2)CCN1C(=O)[C@@H](Cc1cc(Cl)c(N)c(C(F)(F)F)c1)OC(=O)N1CCC(N2CCc3ccccc3NC2=O)CC1. The highest BCUT2D eigenvalue weighted by Gasteiger charge is 2.43. The van der Waals surface area contributed by atoms with Gasteiger partial charge in [-0.05, 0) is 80.9 Å². The van der Waals surface area contributed by atoms with Crippen molar-refractivity contribution in [2.45, 2.75) is 102 Å². The Kier molecular flexibility index (Phi) is 14.7. The molecule has 17 heteroatoms. The summed E-state index contributed by atoms with van der Waals surface area (Å²) in [6.07, 6.45) is -0.845. The Morgan fingerprint density at radius 2 is 1.71 bits per heavy atom. The van der Waals surface area contributed by atoms with Crippen LogP contribution in [0.15, 0.2) is 36.4 Å². The first kappa shape index (κ1) is 43.3. The van der Waals surface area contributed by atoms with E-state index in [0.29, 0.717) is 38.8 Å². The number of amides is 4. The lowest BCUT2D eigenvalue weighted by molar-refractivity contribution is -0.163. The summed E-state index contributed by atoms with van der Waals surface area (Å²) in [6.45, 7) is 5.65. The summed E-state index contributed by atoms with van der Waals surface area (Å²) in [4.78, 5) is 62.3. The number of urea groups is 1. The zero-order valence-corrected chi connectivity index (χ0v) is 33.8. The molecule has 4 amide bonds. The number of nitrogen functional groups attached to an aromatic ring is 1. The number of piperidine rings is 2. The smallest absolute Gasteiger partial charge is 0.418 e. The molecule has 0 radical (unpaired) electrons. The third-order valence-corrected chi connectivity index (χ3v) is 12.1. The normalized spacial score (nSPS) is 20.5. The van der Waals surface area contributed by atoms with E-state index in [4.69, 9.17) is 26.8 Å². The van der Waals surface area contributed by atoms with Crippen LogP contribution in [0.3, 0.4) is 0 Å². The Morgan fingerprint density at radius 1 is 0.966 bits per heavy atom. The molecule has 6 rings (SSSR count). The first-order valence-electron chi connectivity index (χ1n) is 20.5. The molecule has 3 saturated heterocycles. The number of likely N-dealkylation sites (tertiary alicyclic amines) is 1. The van der Waals surface area contributed by atoms with Gasteiger partial charge in [0.1, 0.15) is 6.04 Å². The zero-order valence-electron chi connectivity index (χ0n) is 33.0. The lowest BCUT2D eigenvalue weighted by atomic mass is 9.99. The van der Waals surface area contributed by atoms with Gasteiger partial charge in [0.05, 0.1) is 22.9 Å². The van der Waals surface area contributed by atoms with E-state index in [1.807, 2.05) is 24.3 Å². The van der Waals surface area contributed by atoms with E-state index in [2.05, 4.69) is 22.5 Å². The number of carbonyl (C=O) groups is 4. The Hall–Kier alpha value is -4.28. The van der Waals surface area contributed by atoms with Gasteiger partial charge in [-0.1, -0.05) is 56.0 Å². The number of hydrogen-bond acceptors (Lipinski definition) is 9. The number of hydrogen-bond donors (Lipinski definition) is 3. The highest BCUT2D eigenvalue weighted by atomic mass is 35.5. The number of halogens is 4. The molecule has 4 aliphatic rings. The third kappa shape index (κ3) is 10.7. The molecule has 0 spiro atoms. The van der Waals surface area contributed by atoms with E-state index >= 15 is 0 Å². The number of ether oxygens (including phenoxy) is 2. The molecule has 4 N–H and O–H groups in total. The van der Waals surface area contributed by atoms with Crippen molar-refractivity contribution in [1.29, 1.82) is 0 Å². The van der Waals surface area contributed by atoms with Gasteiger partial charge in [0.15, 0.2) is 6.10 Å². The van der Waals surface area contributed by atoms with E-state index < -0.39 is 54.0 Å². The van der Waals surface area contributed by atoms with Gasteiger partial charge in [-0.15, -0.1) is 0 Å². The fourth-order valence-corrected chi connectivity index (χ4v) is 8.71. The first-order valence-corrected chi connectivity index (χ1v) is 20.9. The topological polar surface area (TPSA) is 150 Å². The zero-order chi connectivity index (χ0) is 41.4. The lowest BCUT2D eigenvalue weighted by Gasteiger charge is -2.45. The van der Waals surface area contributed by atoms with Crippen LogP contribution < -0.4 is 16.4 Å². The number of rotatable bonds is 12. The molecular formula is C41H55ClF3N7O6. The number of nitrogens with two attached hydrogens (primary N) is 1. The van der Waals surface area contributed by atoms with E-state index in [1.165, 1.54) is 15.9 Å². The number of unbranched alkanes of at least 4 members (excludes halogenated alkanes) is 3. The second kappa shape index (κ2) is 19.6. The minimum Gasteiger partial charge on any atom is -0.464 e. The largest absolute Gasteiger partial charge is 0.464 e. The van der Waals surface area contributed by atoms with Crippen LogP contribution in [0.5, 0.6) is 0 Å². The summed E-state index contributed by atoms with van der Waals surface area (Å²) in [5.41, 5.74) is 5.67. The van der Waals surface area contributed by atoms with Crippen molar-refractivity contribution in [3.63, 3.8) is 0 Å². The molecule has 0 unspecified atom stereocenters. The first-order chi connectivity index (χ1) is 27.8. The summed E-state index contributed by atoms with van der Waals surface area (Å²) < 4.78 is 53.8. The summed E-state index contributed by atoms with van der Waals surface area (Å²) >= 11 is 6.18. The van der Waals surface area contributed by atoms with E-state index in [1.54, 1.807) is 4.90 Å². The summed E-state index contributed by atoms with van der Waals surface area (Å²) in [5, 5.41) is 5.97. The molecule has 2 atom stereocenters.